The van der Waals surface area contributed by atoms with Gasteiger partial charge in [0, 0.05) is 6.04 Å². The molecule has 2 rings (SSSR count). The SMILES string of the molecule is Cc1ccc(C2CCCN2)c(C)c1. The number of benzene rings is 1. The second-order valence-corrected chi connectivity index (χ2v) is 4.01. The Hall–Kier alpha value is -0.820. The molecule has 0 amide bonds. The molecule has 0 aromatic heterocycles. The minimum Gasteiger partial charge on any atom is -0.310 e. The average Bonchev–Trinajstić information content (AvgIpc) is 2.56. The third kappa shape index (κ3) is 1.75. The molecule has 1 atom stereocenters. The van der Waals surface area contributed by atoms with Gasteiger partial charge in [-0.3, -0.25) is 0 Å². The van der Waals surface area contributed by atoms with Gasteiger partial charge in [-0.05, 0) is 44.4 Å². The highest BCUT2D eigenvalue weighted by molar-refractivity contribution is 5.33. The fraction of sp³-hybridized carbons (Fsp3) is 0.500. The normalized spacial score (nSPS) is 22.2. The lowest BCUT2D eigenvalue weighted by Crippen LogP contribution is -2.13. The van der Waals surface area contributed by atoms with E-state index in [4.69, 9.17) is 0 Å². The molecule has 1 heterocycles. The largest absolute Gasteiger partial charge is 0.310 e. The highest BCUT2D eigenvalue weighted by Gasteiger charge is 2.17. The summed E-state index contributed by atoms with van der Waals surface area (Å²) >= 11 is 0. The molecular formula is C12H17N. The van der Waals surface area contributed by atoms with Crippen molar-refractivity contribution in [2.45, 2.75) is 32.7 Å². The van der Waals surface area contributed by atoms with E-state index in [9.17, 15) is 0 Å². The first kappa shape index (κ1) is 8.76. The number of hydrogen-bond acceptors (Lipinski definition) is 1. The topological polar surface area (TPSA) is 12.0 Å². The highest BCUT2D eigenvalue weighted by Crippen LogP contribution is 2.25. The van der Waals surface area contributed by atoms with Crippen molar-refractivity contribution < 1.29 is 0 Å². The Balaban J connectivity index is 2.29. The Kier molecular flexibility index (Phi) is 2.36. The third-order valence-corrected chi connectivity index (χ3v) is 2.86. The molecule has 0 spiro atoms. The summed E-state index contributed by atoms with van der Waals surface area (Å²) in [6.45, 7) is 5.54. The summed E-state index contributed by atoms with van der Waals surface area (Å²) in [5, 5.41) is 3.53. The van der Waals surface area contributed by atoms with Gasteiger partial charge in [0.25, 0.3) is 0 Å². The zero-order valence-electron chi connectivity index (χ0n) is 8.43. The van der Waals surface area contributed by atoms with E-state index in [1.165, 1.54) is 36.1 Å². The van der Waals surface area contributed by atoms with E-state index < -0.39 is 0 Å². The lowest BCUT2D eigenvalue weighted by molar-refractivity contribution is 0.643. The van der Waals surface area contributed by atoms with Crippen LogP contribution in [0.3, 0.4) is 0 Å². The Morgan fingerprint density at radius 2 is 2.15 bits per heavy atom. The van der Waals surface area contributed by atoms with Gasteiger partial charge in [-0.25, -0.2) is 0 Å². The summed E-state index contributed by atoms with van der Waals surface area (Å²) in [7, 11) is 0. The van der Waals surface area contributed by atoms with Crippen LogP contribution in [0.1, 0.15) is 35.6 Å². The minimum atomic E-state index is 0.612. The van der Waals surface area contributed by atoms with Crippen LogP contribution < -0.4 is 5.32 Å². The monoisotopic (exact) mass is 175 g/mol. The van der Waals surface area contributed by atoms with Crippen molar-refractivity contribution in [2.75, 3.05) is 6.54 Å². The van der Waals surface area contributed by atoms with Crippen LogP contribution in [0.5, 0.6) is 0 Å². The van der Waals surface area contributed by atoms with Gasteiger partial charge in [-0.1, -0.05) is 23.8 Å². The van der Waals surface area contributed by atoms with Gasteiger partial charge in [0.15, 0.2) is 0 Å². The third-order valence-electron chi connectivity index (χ3n) is 2.86. The van der Waals surface area contributed by atoms with Crippen molar-refractivity contribution in [3.63, 3.8) is 0 Å². The van der Waals surface area contributed by atoms with Crippen LogP contribution in [0.15, 0.2) is 18.2 Å². The fourth-order valence-corrected chi connectivity index (χ4v) is 2.17. The molecule has 1 saturated heterocycles. The Labute approximate surface area is 80.2 Å². The van der Waals surface area contributed by atoms with Gasteiger partial charge in [-0.15, -0.1) is 0 Å². The molecule has 1 aliphatic heterocycles. The molecule has 1 aliphatic rings. The number of hydrogen-bond donors (Lipinski definition) is 1. The quantitative estimate of drug-likeness (QED) is 0.692. The first-order valence-electron chi connectivity index (χ1n) is 5.08. The predicted molar refractivity (Wildman–Crippen MR) is 55.9 cm³/mol. The van der Waals surface area contributed by atoms with Gasteiger partial charge in [0.05, 0.1) is 0 Å². The standard InChI is InChI=1S/C12H17N/c1-9-5-6-11(10(2)8-9)12-4-3-7-13-12/h5-6,8,12-13H,3-4,7H2,1-2H3. The van der Waals surface area contributed by atoms with Crippen LogP contribution >= 0.6 is 0 Å². The van der Waals surface area contributed by atoms with Crippen molar-refractivity contribution in [1.82, 2.24) is 5.32 Å². The molecule has 1 fully saturated rings. The summed E-state index contributed by atoms with van der Waals surface area (Å²) in [5.74, 6) is 0. The lowest BCUT2D eigenvalue weighted by Gasteiger charge is -2.13. The Bertz CT molecular complexity index is 298. The van der Waals surface area contributed by atoms with Crippen molar-refractivity contribution in [1.29, 1.82) is 0 Å². The zero-order valence-corrected chi connectivity index (χ0v) is 8.43. The van der Waals surface area contributed by atoms with Crippen molar-refractivity contribution >= 4 is 0 Å². The van der Waals surface area contributed by atoms with Crippen LogP contribution in [0.25, 0.3) is 0 Å². The lowest BCUT2D eigenvalue weighted by atomic mass is 9.98. The van der Waals surface area contributed by atoms with E-state index in [-0.39, 0.29) is 0 Å². The van der Waals surface area contributed by atoms with E-state index in [0.29, 0.717) is 6.04 Å². The fourth-order valence-electron chi connectivity index (χ4n) is 2.17. The summed E-state index contributed by atoms with van der Waals surface area (Å²) in [4.78, 5) is 0. The molecule has 1 aromatic carbocycles. The number of rotatable bonds is 1. The zero-order chi connectivity index (χ0) is 9.26. The maximum absolute atomic E-state index is 3.53. The van der Waals surface area contributed by atoms with Crippen LogP contribution in [-0.2, 0) is 0 Å². The summed E-state index contributed by atoms with van der Waals surface area (Å²) in [6.07, 6.45) is 2.61. The molecule has 1 aromatic rings. The maximum atomic E-state index is 3.53. The molecule has 1 heteroatoms. The van der Waals surface area contributed by atoms with Crippen LogP contribution in [0.4, 0.5) is 0 Å². The highest BCUT2D eigenvalue weighted by atomic mass is 14.9. The summed E-state index contributed by atoms with van der Waals surface area (Å²) < 4.78 is 0. The van der Waals surface area contributed by atoms with E-state index in [1.54, 1.807) is 0 Å². The molecule has 70 valence electrons. The molecule has 0 saturated carbocycles. The van der Waals surface area contributed by atoms with Gasteiger partial charge in [-0.2, -0.15) is 0 Å². The van der Waals surface area contributed by atoms with Gasteiger partial charge >= 0.3 is 0 Å². The summed E-state index contributed by atoms with van der Waals surface area (Å²) in [6, 6.07) is 7.37. The van der Waals surface area contributed by atoms with Gasteiger partial charge in [0.1, 0.15) is 0 Å². The molecule has 1 nitrogen and oxygen atoms in total. The van der Waals surface area contributed by atoms with Crippen molar-refractivity contribution in [3.05, 3.63) is 34.9 Å². The van der Waals surface area contributed by atoms with E-state index in [2.05, 4.69) is 37.4 Å². The van der Waals surface area contributed by atoms with Crippen LogP contribution in [0, 0.1) is 13.8 Å². The molecule has 13 heavy (non-hydrogen) atoms. The van der Waals surface area contributed by atoms with E-state index in [0.717, 1.165) is 0 Å². The maximum Gasteiger partial charge on any atom is 0.0323 e. The first-order chi connectivity index (χ1) is 6.27. The number of aryl methyl sites for hydroxylation is 2. The molecular weight excluding hydrogens is 158 g/mol. The summed E-state index contributed by atoms with van der Waals surface area (Å²) in [5.41, 5.74) is 4.28. The Morgan fingerprint density at radius 3 is 2.77 bits per heavy atom. The Morgan fingerprint density at radius 1 is 1.31 bits per heavy atom. The molecule has 0 bridgehead atoms. The molecule has 0 radical (unpaired) electrons. The second-order valence-electron chi connectivity index (χ2n) is 4.01. The second kappa shape index (κ2) is 3.51. The van der Waals surface area contributed by atoms with Gasteiger partial charge < -0.3 is 5.32 Å². The van der Waals surface area contributed by atoms with Crippen molar-refractivity contribution in [3.8, 4) is 0 Å². The molecule has 1 unspecified atom stereocenters. The van der Waals surface area contributed by atoms with E-state index >= 15 is 0 Å². The first-order valence-corrected chi connectivity index (χ1v) is 5.08. The minimum absolute atomic E-state index is 0.612. The molecule has 1 N–H and O–H groups in total. The van der Waals surface area contributed by atoms with Crippen LogP contribution in [-0.4, -0.2) is 6.54 Å². The predicted octanol–water partition coefficient (Wildman–Crippen LogP) is 2.73. The molecule has 0 aliphatic carbocycles. The average molecular weight is 175 g/mol. The number of nitrogens with one attached hydrogen (secondary N) is 1. The van der Waals surface area contributed by atoms with E-state index in [1.807, 2.05) is 0 Å². The van der Waals surface area contributed by atoms with Crippen LogP contribution in [0.2, 0.25) is 0 Å². The smallest absolute Gasteiger partial charge is 0.0323 e. The van der Waals surface area contributed by atoms with Crippen molar-refractivity contribution in [2.24, 2.45) is 0 Å². The van der Waals surface area contributed by atoms with Gasteiger partial charge in [0.2, 0.25) is 0 Å².